The van der Waals surface area contributed by atoms with Crippen molar-refractivity contribution in [3.05, 3.63) is 34.9 Å². The van der Waals surface area contributed by atoms with Crippen molar-refractivity contribution in [3.63, 3.8) is 0 Å². The van der Waals surface area contributed by atoms with Crippen LogP contribution in [0.25, 0.3) is 0 Å². The third-order valence-electron chi connectivity index (χ3n) is 6.53. The van der Waals surface area contributed by atoms with Gasteiger partial charge in [-0.25, -0.2) is 0 Å². The molecular weight excluding hydrogens is 396 g/mol. The second-order valence-electron chi connectivity index (χ2n) is 8.42. The van der Waals surface area contributed by atoms with Crippen LogP contribution in [0.3, 0.4) is 0 Å². The van der Waals surface area contributed by atoms with Gasteiger partial charge < -0.3 is 0 Å². The lowest BCUT2D eigenvalue weighted by Crippen LogP contribution is -2.50. The fourth-order valence-electron chi connectivity index (χ4n) is 5.62. The van der Waals surface area contributed by atoms with Gasteiger partial charge >= 0.3 is 0 Å². The van der Waals surface area contributed by atoms with Crippen LogP contribution in [0.15, 0.2) is 29.4 Å². The van der Waals surface area contributed by atoms with Crippen molar-refractivity contribution >= 4 is 51.8 Å². The Morgan fingerprint density at radius 3 is 2.11 bits per heavy atom. The van der Waals surface area contributed by atoms with E-state index in [9.17, 15) is 0 Å². The zero-order valence-corrected chi connectivity index (χ0v) is 17.8. The molecule has 0 aromatic heterocycles. The number of benzene rings is 1. The number of nitrogens with zero attached hydrogens (tertiary/aromatic N) is 1. The number of hydrogen-bond donors (Lipinski definition) is 3. The maximum atomic E-state index is 5.90. The van der Waals surface area contributed by atoms with Crippen molar-refractivity contribution in [2.24, 2.45) is 28.3 Å². The molecule has 4 nitrogen and oxygen atoms in total. The SMILES string of the molecule is C/C(=N\NC(=S)NNC(=S)c1ccc(Cl)cc1)C12CC3CC(CC(C3)C1)C2. The van der Waals surface area contributed by atoms with E-state index in [0.717, 1.165) is 23.3 Å². The van der Waals surface area contributed by atoms with Gasteiger partial charge in [0.15, 0.2) is 0 Å². The molecular formula is C20H25ClN4S2. The Morgan fingerprint density at radius 1 is 1.00 bits per heavy atom. The van der Waals surface area contributed by atoms with Crippen LogP contribution in [-0.4, -0.2) is 15.8 Å². The summed E-state index contributed by atoms with van der Waals surface area (Å²) in [6, 6.07) is 7.34. The van der Waals surface area contributed by atoms with E-state index in [1.807, 2.05) is 12.1 Å². The zero-order valence-electron chi connectivity index (χ0n) is 15.4. The number of halogens is 1. The van der Waals surface area contributed by atoms with Crippen LogP contribution in [0, 0.1) is 23.2 Å². The molecule has 4 aliphatic carbocycles. The topological polar surface area (TPSA) is 48.5 Å². The number of hydrazone groups is 1. The highest BCUT2D eigenvalue weighted by Gasteiger charge is 2.52. The van der Waals surface area contributed by atoms with Crippen LogP contribution >= 0.6 is 36.0 Å². The number of nitrogens with one attached hydrogen (secondary N) is 3. The summed E-state index contributed by atoms with van der Waals surface area (Å²) in [7, 11) is 0. The Kier molecular flexibility index (Phi) is 5.41. The summed E-state index contributed by atoms with van der Waals surface area (Å²) < 4.78 is 0. The second-order valence-corrected chi connectivity index (χ2v) is 9.67. The first kappa shape index (κ1) is 19.1. The Hall–Kier alpha value is -1.24. The van der Waals surface area contributed by atoms with E-state index in [1.165, 1.54) is 44.2 Å². The van der Waals surface area contributed by atoms with Crippen molar-refractivity contribution in [3.8, 4) is 0 Å². The average Bonchev–Trinajstić information content (AvgIpc) is 2.63. The average molecular weight is 421 g/mol. The molecule has 0 radical (unpaired) electrons. The summed E-state index contributed by atoms with van der Waals surface area (Å²) in [5, 5.41) is 5.73. The standard InChI is InChI=1S/C20H25ClN4S2/c1-12(20-9-13-6-14(10-20)8-15(7-13)11-20)22-24-19(27)25-23-18(26)16-2-4-17(21)5-3-16/h2-5,13-15H,6-11H2,1H3,(H,23,26)(H2,24,25,27)/b22-12+. The molecule has 3 N–H and O–H groups in total. The van der Waals surface area contributed by atoms with E-state index in [-0.39, 0.29) is 0 Å². The largest absolute Gasteiger partial charge is 0.288 e. The smallest absolute Gasteiger partial charge is 0.205 e. The minimum atomic E-state index is 0.295. The van der Waals surface area contributed by atoms with Gasteiger partial charge in [-0.05, 0) is 87.6 Å². The maximum Gasteiger partial charge on any atom is 0.205 e. The zero-order chi connectivity index (χ0) is 19.0. The molecule has 1 aromatic rings. The number of thiocarbonyl (C=S) groups is 2. The fraction of sp³-hybridized carbons (Fsp3) is 0.550. The fourth-order valence-corrected chi connectivity index (χ4v) is 6.03. The first-order valence-electron chi connectivity index (χ1n) is 9.60. The number of hydrogen-bond acceptors (Lipinski definition) is 3. The van der Waals surface area contributed by atoms with Gasteiger partial charge in [-0.3, -0.25) is 16.3 Å². The van der Waals surface area contributed by atoms with Crippen LogP contribution in [0.5, 0.6) is 0 Å². The van der Waals surface area contributed by atoms with E-state index >= 15 is 0 Å². The van der Waals surface area contributed by atoms with Gasteiger partial charge in [0.1, 0.15) is 4.99 Å². The van der Waals surface area contributed by atoms with Crippen LogP contribution < -0.4 is 16.3 Å². The van der Waals surface area contributed by atoms with E-state index in [2.05, 4.69) is 28.3 Å². The Morgan fingerprint density at radius 2 is 1.56 bits per heavy atom. The highest BCUT2D eigenvalue weighted by Crippen LogP contribution is 2.60. The van der Waals surface area contributed by atoms with Crippen LogP contribution in [0.2, 0.25) is 5.02 Å². The lowest BCUT2D eigenvalue weighted by Gasteiger charge is -2.56. The van der Waals surface area contributed by atoms with Gasteiger partial charge in [0.05, 0.1) is 0 Å². The summed E-state index contributed by atoms with van der Waals surface area (Å²) in [6.07, 6.45) is 8.21. The third kappa shape index (κ3) is 4.13. The summed E-state index contributed by atoms with van der Waals surface area (Å²) in [4.78, 5) is 0.553. The molecule has 4 fully saturated rings. The monoisotopic (exact) mass is 420 g/mol. The molecule has 0 amide bonds. The maximum absolute atomic E-state index is 5.90. The minimum absolute atomic E-state index is 0.295. The Labute approximate surface area is 176 Å². The number of rotatable bonds is 3. The Bertz CT molecular complexity index is 739. The van der Waals surface area contributed by atoms with Crippen LogP contribution in [0.1, 0.15) is 51.0 Å². The number of hydrazine groups is 1. The molecule has 0 saturated heterocycles. The van der Waals surface area contributed by atoms with Crippen molar-refractivity contribution < 1.29 is 0 Å². The van der Waals surface area contributed by atoms with Crippen LogP contribution in [-0.2, 0) is 0 Å². The van der Waals surface area contributed by atoms with Gasteiger partial charge in [0.2, 0.25) is 5.11 Å². The first-order valence-corrected chi connectivity index (χ1v) is 10.8. The molecule has 7 heteroatoms. The molecule has 1 aromatic carbocycles. The summed E-state index contributed by atoms with van der Waals surface area (Å²) >= 11 is 16.6. The Balaban J connectivity index is 1.31. The molecule has 0 aliphatic heterocycles. The molecule has 4 saturated carbocycles. The summed E-state index contributed by atoms with van der Waals surface area (Å²) in [5.41, 5.74) is 11.2. The molecule has 0 unspecified atom stereocenters. The predicted octanol–water partition coefficient (Wildman–Crippen LogP) is 4.58. The van der Waals surface area contributed by atoms with Crippen LogP contribution in [0.4, 0.5) is 0 Å². The molecule has 4 bridgehead atoms. The molecule has 4 aliphatic rings. The second kappa shape index (κ2) is 7.64. The first-order chi connectivity index (χ1) is 12.9. The quantitative estimate of drug-likeness (QED) is 0.379. The van der Waals surface area contributed by atoms with Crippen molar-refractivity contribution in [2.45, 2.75) is 45.4 Å². The van der Waals surface area contributed by atoms with Gasteiger partial charge in [0.25, 0.3) is 0 Å². The van der Waals surface area contributed by atoms with E-state index in [4.69, 9.17) is 36.0 Å². The summed E-state index contributed by atoms with van der Waals surface area (Å²) in [5.74, 6) is 2.72. The molecule has 5 rings (SSSR count). The highest BCUT2D eigenvalue weighted by molar-refractivity contribution is 7.81. The molecule has 0 heterocycles. The molecule has 27 heavy (non-hydrogen) atoms. The van der Waals surface area contributed by atoms with E-state index in [0.29, 0.717) is 20.5 Å². The predicted molar refractivity (Wildman–Crippen MR) is 119 cm³/mol. The van der Waals surface area contributed by atoms with Gasteiger partial charge in [0, 0.05) is 21.7 Å². The minimum Gasteiger partial charge on any atom is -0.288 e. The lowest BCUT2D eigenvalue weighted by molar-refractivity contribution is -0.0128. The van der Waals surface area contributed by atoms with Gasteiger partial charge in [-0.15, -0.1) is 0 Å². The molecule has 0 atom stereocenters. The van der Waals surface area contributed by atoms with E-state index < -0.39 is 0 Å². The van der Waals surface area contributed by atoms with Crippen molar-refractivity contribution in [2.75, 3.05) is 0 Å². The lowest BCUT2D eigenvalue weighted by atomic mass is 9.48. The molecule has 144 valence electrons. The van der Waals surface area contributed by atoms with Gasteiger partial charge in [-0.2, -0.15) is 5.10 Å². The van der Waals surface area contributed by atoms with Crippen molar-refractivity contribution in [1.82, 2.24) is 16.3 Å². The third-order valence-corrected chi connectivity index (χ3v) is 7.31. The van der Waals surface area contributed by atoms with Crippen molar-refractivity contribution in [1.29, 1.82) is 0 Å². The molecule has 0 spiro atoms. The highest BCUT2D eigenvalue weighted by atomic mass is 35.5. The van der Waals surface area contributed by atoms with Gasteiger partial charge in [-0.1, -0.05) is 36.0 Å². The summed E-state index contributed by atoms with van der Waals surface area (Å²) in [6.45, 7) is 2.16. The van der Waals surface area contributed by atoms with E-state index in [1.54, 1.807) is 12.1 Å². The normalized spacial score (nSPS) is 31.5.